The third-order valence-electron chi connectivity index (χ3n) is 7.93. The van der Waals surface area contributed by atoms with Crippen LogP contribution in [0.2, 0.25) is 0 Å². The van der Waals surface area contributed by atoms with Crippen molar-refractivity contribution in [2.24, 2.45) is 16.6 Å². The molecular formula is C26H37N5O3. The molecule has 3 heterocycles. The average molecular weight is 468 g/mol. The maximum atomic E-state index is 12.3. The highest BCUT2D eigenvalue weighted by Gasteiger charge is 2.38. The Balaban J connectivity index is 1.06. The molecule has 1 aromatic rings. The number of hydrogen-bond acceptors (Lipinski definition) is 6. The fraction of sp³-hybridized carbons (Fsp3) is 0.654. The summed E-state index contributed by atoms with van der Waals surface area (Å²) in [5.74, 6) is 2.07. The minimum atomic E-state index is -0.155. The first kappa shape index (κ1) is 23.1. The fourth-order valence-electron chi connectivity index (χ4n) is 6.26. The molecule has 2 amide bonds. The van der Waals surface area contributed by atoms with E-state index in [0.717, 1.165) is 55.1 Å². The van der Waals surface area contributed by atoms with Crippen molar-refractivity contribution >= 4 is 23.5 Å². The molecule has 1 saturated carbocycles. The molecule has 2 saturated heterocycles. The van der Waals surface area contributed by atoms with Gasteiger partial charge in [0.05, 0.1) is 18.3 Å². The van der Waals surface area contributed by atoms with Crippen molar-refractivity contribution < 1.29 is 14.3 Å². The molecule has 0 bridgehead atoms. The van der Waals surface area contributed by atoms with Gasteiger partial charge in [0.25, 0.3) is 0 Å². The van der Waals surface area contributed by atoms with Gasteiger partial charge in [0.1, 0.15) is 12.3 Å². The van der Waals surface area contributed by atoms with Crippen LogP contribution in [0.15, 0.2) is 23.2 Å². The van der Waals surface area contributed by atoms with Gasteiger partial charge < -0.3 is 15.4 Å². The first-order valence-corrected chi connectivity index (χ1v) is 13.0. The zero-order valence-electron chi connectivity index (χ0n) is 20.0. The summed E-state index contributed by atoms with van der Waals surface area (Å²) in [5, 5.41) is 2.79. The van der Waals surface area contributed by atoms with E-state index in [9.17, 15) is 9.59 Å². The lowest BCUT2D eigenvalue weighted by atomic mass is 9.77. The number of nitrogens with one attached hydrogen (secondary N) is 1. The van der Waals surface area contributed by atoms with E-state index < -0.39 is 0 Å². The zero-order chi connectivity index (χ0) is 23.5. The molecule has 3 fully saturated rings. The van der Waals surface area contributed by atoms with Gasteiger partial charge in [-0.1, -0.05) is 19.3 Å². The van der Waals surface area contributed by atoms with Crippen molar-refractivity contribution in [3.05, 3.63) is 23.8 Å². The summed E-state index contributed by atoms with van der Waals surface area (Å²) in [6, 6.07) is 6.36. The van der Waals surface area contributed by atoms with Crippen LogP contribution in [0.3, 0.4) is 0 Å². The molecule has 4 aliphatic rings. The number of carbonyl (C=O) groups excluding carboxylic acids is 2. The molecular weight excluding hydrogens is 430 g/mol. The number of unbranched alkanes of at least 4 members (excludes halogenated alkanes) is 2. The number of piperidine rings is 1. The van der Waals surface area contributed by atoms with Gasteiger partial charge in [-0.15, -0.1) is 0 Å². The average Bonchev–Trinajstić information content (AvgIpc) is 3.20. The maximum absolute atomic E-state index is 12.3. The van der Waals surface area contributed by atoms with E-state index >= 15 is 0 Å². The van der Waals surface area contributed by atoms with E-state index in [1.807, 2.05) is 23.1 Å². The lowest BCUT2D eigenvalue weighted by molar-refractivity contribution is -0.126. The third-order valence-corrected chi connectivity index (χ3v) is 7.93. The second kappa shape index (κ2) is 10.3. The number of benzene rings is 1. The number of carbonyl (C=O) groups is 2. The standard InChI is InChI=1S/C26H37N5O3/c27-25(33)23(31-13-6-8-18-7-3-4-9-22(18)31)10-2-1-5-14-34-20-11-12-21-19(15-20)16-30-17-24(32)29-26(30)28-21/h11-12,15,18,22-23H,1-10,13-14,16-17H2,(H2,27,33)(H,28,29,32). The molecule has 0 spiro atoms. The number of primary amides is 1. The zero-order valence-corrected chi connectivity index (χ0v) is 20.0. The van der Waals surface area contributed by atoms with Crippen LogP contribution in [-0.2, 0) is 16.1 Å². The molecule has 0 radical (unpaired) electrons. The number of likely N-dealkylation sites (tertiary alicyclic amines) is 1. The molecule has 1 aromatic carbocycles. The second-order valence-corrected chi connectivity index (χ2v) is 10.2. The van der Waals surface area contributed by atoms with Crippen molar-refractivity contribution in [1.82, 2.24) is 15.1 Å². The van der Waals surface area contributed by atoms with Crippen molar-refractivity contribution in [1.29, 1.82) is 0 Å². The monoisotopic (exact) mass is 467 g/mol. The minimum Gasteiger partial charge on any atom is -0.494 e. The van der Waals surface area contributed by atoms with Crippen molar-refractivity contribution in [3.63, 3.8) is 0 Å². The number of guanidine groups is 1. The summed E-state index contributed by atoms with van der Waals surface area (Å²) in [4.78, 5) is 32.8. The minimum absolute atomic E-state index is 0.0135. The maximum Gasteiger partial charge on any atom is 0.246 e. The largest absolute Gasteiger partial charge is 0.494 e. The van der Waals surface area contributed by atoms with Crippen molar-refractivity contribution in [3.8, 4) is 5.75 Å². The van der Waals surface area contributed by atoms with Crippen LogP contribution >= 0.6 is 0 Å². The van der Waals surface area contributed by atoms with Gasteiger partial charge in [-0.2, -0.15) is 0 Å². The number of rotatable bonds is 9. The van der Waals surface area contributed by atoms with Gasteiger partial charge in [0.15, 0.2) is 0 Å². The number of nitrogens with two attached hydrogens (primary N) is 1. The predicted molar refractivity (Wildman–Crippen MR) is 131 cm³/mol. The summed E-state index contributed by atoms with van der Waals surface area (Å²) < 4.78 is 5.99. The molecule has 8 heteroatoms. The lowest BCUT2D eigenvalue weighted by Crippen LogP contribution is -2.55. The summed E-state index contributed by atoms with van der Waals surface area (Å²) in [5.41, 5.74) is 7.82. The first-order chi connectivity index (χ1) is 16.6. The van der Waals surface area contributed by atoms with Crippen LogP contribution in [-0.4, -0.2) is 59.4 Å². The highest BCUT2D eigenvalue weighted by molar-refractivity contribution is 6.05. The van der Waals surface area contributed by atoms with Crippen molar-refractivity contribution in [2.45, 2.75) is 82.8 Å². The Kier molecular flexibility index (Phi) is 7.04. The van der Waals surface area contributed by atoms with E-state index in [-0.39, 0.29) is 17.9 Å². The Morgan fingerprint density at radius 3 is 2.88 bits per heavy atom. The Morgan fingerprint density at radius 1 is 1.15 bits per heavy atom. The highest BCUT2D eigenvalue weighted by Crippen LogP contribution is 2.37. The Morgan fingerprint density at radius 2 is 2.00 bits per heavy atom. The quantitative estimate of drug-likeness (QED) is 0.544. The van der Waals surface area contributed by atoms with E-state index in [2.05, 4.69) is 15.2 Å². The lowest BCUT2D eigenvalue weighted by Gasteiger charge is -2.47. The van der Waals surface area contributed by atoms with Crippen LogP contribution in [0.1, 0.15) is 69.8 Å². The summed E-state index contributed by atoms with van der Waals surface area (Å²) in [7, 11) is 0. The van der Waals surface area contributed by atoms with E-state index in [4.69, 9.17) is 10.5 Å². The Labute approximate surface area is 201 Å². The Hall–Kier alpha value is -2.61. The number of fused-ring (bicyclic) bond motifs is 3. The Bertz CT molecular complexity index is 946. The molecule has 8 nitrogen and oxygen atoms in total. The van der Waals surface area contributed by atoms with Crippen LogP contribution in [0.5, 0.6) is 5.75 Å². The smallest absolute Gasteiger partial charge is 0.246 e. The molecule has 0 aromatic heterocycles. The van der Waals surface area contributed by atoms with E-state index in [1.54, 1.807) is 0 Å². The number of nitrogens with zero attached hydrogens (tertiary/aromatic N) is 3. The summed E-state index contributed by atoms with van der Waals surface area (Å²) in [6.07, 6.45) is 11.5. The fourth-order valence-corrected chi connectivity index (χ4v) is 6.26. The molecule has 3 unspecified atom stereocenters. The first-order valence-electron chi connectivity index (χ1n) is 13.0. The molecule has 5 rings (SSSR count). The van der Waals surface area contributed by atoms with Gasteiger partial charge >= 0.3 is 0 Å². The number of aliphatic imine (C=N–C) groups is 1. The van der Waals surface area contributed by atoms with Gasteiger partial charge in [0.2, 0.25) is 17.8 Å². The number of amides is 2. The summed E-state index contributed by atoms with van der Waals surface area (Å²) in [6.45, 7) is 2.68. The summed E-state index contributed by atoms with van der Waals surface area (Å²) >= 11 is 0. The highest BCUT2D eigenvalue weighted by atomic mass is 16.5. The normalized spacial score (nSPS) is 25.0. The van der Waals surface area contributed by atoms with Crippen LogP contribution in [0.25, 0.3) is 0 Å². The molecule has 3 atom stereocenters. The van der Waals surface area contributed by atoms with Crippen molar-refractivity contribution in [2.75, 3.05) is 19.7 Å². The topological polar surface area (TPSA) is 100 Å². The van der Waals surface area contributed by atoms with Gasteiger partial charge in [0, 0.05) is 18.2 Å². The second-order valence-electron chi connectivity index (χ2n) is 10.2. The number of hydrogen-bond donors (Lipinski definition) is 2. The molecule has 3 N–H and O–H groups in total. The molecule has 34 heavy (non-hydrogen) atoms. The van der Waals surface area contributed by atoms with Crippen LogP contribution in [0, 0.1) is 5.92 Å². The SMILES string of the molecule is NC(=O)C(CCCCCOc1ccc2c(c1)CN1CC(=O)NC1=N2)N1CCCC2CCCCC21. The predicted octanol–water partition coefficient (Wildman–Crippen LogP) is 3.07. The van der Waals surface area contributed by atoms with Gasteiger partial charge in [-0.25, -0.2) is 4.99 Å². The number of ether oxygens (including phenoxy) is 1. The van der Waals surface area contributed by atoms with E-state index in [1.165, 1.54) is 38.5 Å². The third kappa shape index (κ3) is 5.06. The van der Waals surface area contributed by atoms with Gasteiger partial charge in [-0.3, -0.25) is 19.8 Å². The van der Waals surface area contributed by atoms with Gasteiger partial charge in [-0.05, 0) is 75.6 Å². The van der Waals surface area contributed by atoms with Crippen LogP contribution in [0.4, 0.5) is 5.69 Å². The molecule has 3 aliphatic heterocycles. The van der Waals surface area contributed by atoms with E-state index in [0.29, 0.717) is 31.7 Å². The molecule has 184 valence electrons. The van der Waals surface area contributed by atoms with Crippen LogP contribution < -0.4 is 15.8 Å². The molecule has 1 aliphatic carbocycles.